The summed E-state index contributed by atoms with van der Waals surface area (Å²) in [7, 11) is 0. The van der Waals surface area contributed by atoms with Gasteiger partial charge in [-0.25, -0.2) is 9.78 Å². The summed E-state index contributed by atoms with van der Waals surface area (Å²) in [6.45, 7) is 5.11. The normalized spacial score (nSPS) is 11.3. The first-order chi connectivity index (χ1) is 8.27. The van der Waals surface area contributed by atoms with Crippen LogP contribution in [0.15, 0.2) is 18.7 Å². The van der Waals surface area contributed by atoms with Gasteiger partial charge in [-0.1, -0.05) is 26.0 Å². The predicted molar refractivity (Wildman–Crippen MR) is 59.9 cm³/mol. The number of halogens is 3. The highest BCUT2D eigenvalue weighted by atomic mass is 19.4. The number of nitrogens with zero attached hydrogens (tertiary/aromatic N) is 1. The van der Waals surface area contributed by atoms with E-state index in [1.165, 1.54) is 0 Å². The van der Waals surface area contributed by atoms with Gasteiger partial charge in [0, 0.05) is 11.3 Å². The van der Waals surface area contributed by atoms with E-state index in [1.54, 1.807) is 6.92 Å². The first-order valence-electron chi connectivity index (χ1n) is 5.27. The average Bonchev–Trinajstić information content (AvgIpc) is 2.27. The van der Waals surface area contributed by atoms with Gasteiger partial charge in [0.05, 0.1) is 5.57 Å². The van der Waals surface area contributed by atoms with Gasteiger partial charge in [-0.05, 0) is 12.5 Å². The van der Waals surface area contributed by atoms with E-state index in [-0.39, 0.29) is 23.3 Å². The minimum atomic E-state index is -4.54. The Kier molecular flexibility index (Phi) is 4.11. The summed E-state index contributed by atoms with van der Waals surface area (Å²) in [5.41, 5.74) is -1.01. The zero-order valence-corrected chi connectivity index (χ0v) is 9.71. The lowest BCUT2D eigenvalue weighted by Crippen LogP contribution is -2.12. The number of hydrogen-bond acceptors (Lipinski definition) is 2. The molecule has 1 aromatic heterocycles. The molecule has 0 radical (unpaired) electrons. The van der Waals surface area contributed by atoms with Gasteiger partial charge in [0.1, 0.15) is 5.69 Å². The maximum atomic E-state index is 12.5. The molecule has 0 spiro atoms. The fourth-order valence-corrected chi connectivity index (χ4v) is 1.48. The lowest BCUT2D eigenvalue weighted by Gasteiger charge is -2.12. The van der Waals surface area contributed by atoms with Gasteiger partial charge in [0.2, 0.25) is 0 Å². The molecule has 1 rings (SSSR count). The molecular formula is C12H12F3NO2. The van der Waals surface area contributed by atoms with Crippen LogP contribution >= 0.6 is 0 Å². The molecule has 0 aromatic carbocycles. The molecular weight excluding hydrogens is 247 g/mol. The second kappa shape index (κ2) is 5.20. The summed E-state index contributed by atoms with van der Waals surface area (Å²) in [4.78, 5) is 14.3. The Balaban J connectivity index is 3.29. The third kappa shape index (κ3) is 3.09. The number of hydrogen-bond donors (Lipinski definition) is 1. The monoisotopic (exact) mass is 259 g/mol. The Morgan fingerprint density at radius 2 is 2.06 bits per heavy atom. The molecule has 0 aliphatic rings. The van der Waals surface area contributed by atoms with Crippen molar-refractivity contribution in [3.8, 4) is 0 Å². The zero-order chi connectivity index (χ0) is 13.9. The van der Waals surface area contributed by atoms with Crippen LogP contribution in [0.2, 0.25) is 0 Å². The molecule has 3 nitrogen and oxygen atoms in total. The molecule has 1 aromatic rings. The van der Waals surface area contributed by atoms with Crippen LogP contribution in [0.1, 0.15) is 30.3 Å². The molecule has 0 amide bonds. The Morgan fingerprint density at radius 1 is 1.44 bits per heavy atom. The first kappa shape index (κ1) is 14.2. The number of rotatable bonds is 4. The van der Waals surface area contributed by atoms with Gasteiger partial charge in [0.15, 0.2) is 0 Å². The van der Waals surface area contributed by atoms with E-state index >= 15 is 0 Å². The summed E-state index contributed by atoms with van der Waals surface area (Å²) in [6.07, 6.45) is -3.70. The van der Waals surface area contributed by atoms with Crippen molar-refractivity contribution in [3.05, 3.63) is 35.7 Å². The zero-order valence-electron chi connectivity index (χ0n) is 9.71. The molecule has 0 unspecified atom stereocenters. The van der Waals surface area contributed by atoms with Gasteiger partial charge >= 0.3 is 12.1 Å². The quantitative estimate of drug-likeness (QED) is 0.845. The second-order valence-corrected chi connectivity index (χ2v) is 3.72. The van der Waals surface area contributed by atoms with E-state index < -0.39 is 17.8 Å². The standard InChI is InChI=1S/C12H12F3NO2/c1-3-4-9-8(7(2)11(17)18)5-6-10(16-9)12(13,14)15/h5-6H,2-4H2,1H3,(H,17,18). The molecule has 0 bridgehead atoms. The molecule has 0 aliphatic carbocycles. The summed E-state index contributed by atoms with van der Waals surface area (Å²) < 4.78 is 37.5. The molecule has 98 valence electrons. The summed E-state index contributed by atoms with van der Waals surface area (Å²) in [5.74, 6) is -1.27. The van der Waals surface area contributed by atoms with Gasteiger partial charge in [-0.2, -0.15) is 13.2 Å². The van der Waals surface area contributed by atoms with Gasteiger partial charge < -0.3 is 5.11 Å². The van der Waals surface area contributed by atoms with Gasteiger partial charge in [-0.15, -0.1) is 0 Å². The molecule has 1 heterocycles. The van der Waals surface area contributed by atoms with Gasteiger partial charge in [0.25, 0.3) is 0 Å². The summed E-state index contributed by atoms with van der Waals surface area (Å²) in [6, 6.07) is 1.87. The lowest BCUT2D eigenvalue weighted by molar-refractivity contribution is -0.141. The number of aliphatic carboxylic acids is 1. The topological polar surface area (TPSA) is 50.2 Å². The Morgan fingerprint density at radius 3 is 2.50 bits per heavy atom. The van der Waals surface area contributed by atoms with Crippen molar-refractivity contribution in [2.75, 3.05) is 0 Å². The number of alkyl halides is 3. The number of carboxylic acids is 1. The maximum Gasteiger partial charge on any atom is 0.433 e. The predicted octanol–water partition coefficient (Wildman–Crippen LogP) is 3.15. The van der Waals surface area contributed by atoms with E-state index in [1.807, 2.05) is 0 Å². The van der Waals surface area contributed by atoms with Crippen LogP contribution in [-0.2, 0) is 17.4 Å². The highest BCUT2D eigenvalue weighted by molar-refractivity contribution is 6.14. The average molecular weight is 259 g/mol. The molecule has 6 heteroatoms. The van der Waals surface area contributed by atoms with E-state index in [0.717, 1.165) is 12.1 Å². The van der Waals surface area contributed by atoms with E-state index in [2.05, 4.69) is 11.6 Å². The van der Waals surface area contributed by atoms with Crippen LogP contribution in [0.5, 0.6) is 0 Å². The molecule has 0 fully saturated rings. The van der Waals surface area contributed by atoms with E-state index in [4.69, 9.17) is 5.11 Å². The number of pyridine rings is 1. The number of aromatic nitrogens is 1. The third-order valence-corrected chi connectivity index (χ3v) is 2.33. The first-order valence-corrected chi connectivity index (χ1v) is 5.27. The van der Waals surface area contributed by atoms with Crippen LogP contribution in [0.4, 0.5) is 13.2 Å². The van der Waals surface area contributed by atoms with Crippen molar-refractivity contribution in [1.82, 2.24) is 4.98 Å². The van der Waals surface area contributed by atoms with Crippen LogP contribution in [0.3, 0.4) is 0 Å². The summed E-state index contributed by atoms with van der Waals surface area (Å²) in [5, 5.41) is 8.81. The highest BCUT2D eigenvalue weighted by Gasteiger charge is 2.33. The number of carboxylic acid groups (broad SMARTS) is 1. The fourth-order valence-electron chi connectivity index (χ4n) is 1.48. The van der Waals surface area contributed by atoms with Crippen molar-refractivity contribution < 1.29 is 23.1 Å². The second-order valence-electron chi connectivity index (χ2n) is 3.72. The number of aryl methyl sites for hydroxylation is 1. The van der Waals surface area contributed by atoms with Crippen LogP contribution in [-0.4, -0.2) is 16.1 Å². The van der Waals surface area contributed by atoms with Crippen molar-refractivity contribution in [1.29, 1.82) is 0 Å². The molecule has 0 saturated carbocycles. The molecule has 1 N–H and O–H groups in total. The Hall–Kier alpha value is -1.85. The Bertz CT molecular complexity index is 481. The van der Waals surface area contributed by atoms with Crippen molar-refractivity contribution >= 4 is 11.5 Å². The summed E-state index contributed by atoms with van der Waals surface area (Å²) >= 11 is 0. The minimum Gasteiger partial charge on any atom is -0.478 e. The smallest absolute Gasteiger partial charge is 0.433 e. The number of carbonyl (C=O) groups is 1. The van der Waals surface area contributed by atoms with Crippen molar-refractivity contribution in [2.24, 2.45) is 0 Å². The molecule has 0 aliphatic heterocycles. The highest BCUT2D eigenvalue weighted by Crippen LogP contribution is 2.29. The van der Waals surface area contributed by atoms with Crippen LogP contribution in [0, 0.1) is 0 Å². The van der Waals surface area contributed by atoms with Gasteiger partial charge in [-0.3, -0.25) is 0 Å². The molecule has 0 saturated heterocycles. The van der Waals surface area contributed by atoms with Crippen LogP contribution < -0.4 is 0 Å². The fraction of sp³-hybridized carbons (Fsp3) is 0.333. The maximum absolute atomic E-state index is 12.5. The van der Waals surface area contributed by atoms with Crippen molar-refractivity contribution in [3.63, 3.8) is 0 Å². The Labute approximate surface area is 102 Å². The van der Waals surface area contributed by atoms with E-state index in [9.17, 15) is 18.0 Å². The van der Waals surface area contributed by atoms with E-state index in [0.29, 0.717) is 6.42 Å². The minimum absolute atomic E-state index is 0.111. The molecule has 0 atom stereocenters. The van der Waals surface area contributed by atoms with Crippen LogP contribution in [0.25, 0.3) is 5.57 Å². The third-order valence-electron chi connectivity index (χ3n) is 2.33. The SMILES string of the molecule is C=C(C(=O)O)c1ccc(C(F)(F)F)nc1CCC. The van der Waals surface area contributed by atoms with Crippen molar-refractivity contribution in [2.45, 2.75) is 25.9 Å². The largest absolute Gasteiger partial charge is 0.478 e. The lowest BCUT2D eigenvalue weighted by atomic mass is 10.0. The molecule has 18 heavy (non-hydrogen) atoms.